The number of carboxylic acid groups (broad SMARTS) is 1. The van der Waals surface area contributed by atoms with Gasteiger partial charge < -0.3 is 19.7 Å². The molecule has 0 unspecified atom stereocenters. The highest BCUT2D eigenvalue weighted by Crippen LogP contribution is 2.24. The average Bonchev–Trinajstić information content (AvgIpc) is 3.28. The van der Waals surface area contributed by atoms with Gasteiger partial charge in [-0.1, -0.05) is 18.2 Å². The first kappa shape index (κ1) is 20.2. The Bertz CT molecular complexity index is 928. The number of rotatable bonds is 9. The molecule has 0 atom stereocenters. The van der Waals surface area contributed by atoms with Crippen molar-refractivity contribution in [2.75, 3.05) is 13.7 Å². The van der Waals surface area contributed by atoms with Gasteiger partial charge >= 0.3 is 5.97 Å². The quantitative estimate of drug-likeness (QED) is 0.529. The van der Waals surface area contributed by atoms with Crippen molar-refractivity contribution in [1.82, 2.24) is 9.88 Å². The number of nitrogens with one attached hydrogen (secondary N) is 1. The monoisotopic (exact) mass is 398 g/mol. The molecule has 3 aromatic rings. The minimum absolute atomic E-state index is 0.412. The minimum atomic E-state index is -0.871. The predicted molar refractivity (Wildman–Crippen MR) is 113 cm³/mol. The molecule has 0 spiro atoms. The molecule has 6 heteroatoms. The van der Waals surface area contributed by atoms with Gasteiger partial charge in [0.2, 0.25) is 0 Å². The molecule has 0 aliphatic rings. The Morgan fingerprint density at radius 1 is 1.18 bits per heavy atom. The van der Waals surface area contributed by atoms with E-state index in [9.17, 15) is 9.90 Å². The fraction of sp³-hybridized carbons (Fsp3) is 0.318. The van der Waals surface area contributed by atoms with Crippen LogP contribution in [0, 0.1) is 13.8 Å². The number of carboxylic acids is 1. The second kappa shape index (κ2) is 9.08. The second-order valence-electron chi connectivity index (χ2n) is 6.77. The highest BCUT2D eigenvalue weighted by molar-refractivity contribution is 7.09. The van der Waals surface area contributed by atoms with E-state index in [4.69, 9.17) is 4.74 Å². The van der Waals surface area contributed by atoms with Crippen LogP contribution in [0.3, 0.4) is 0 Å². The predicted octanol–water partition coefficient (Wildman–Crippen LogP) is 4.25. The van der Waals surface area contributed by atoms with Crippen molar-refractivity contribution in [1.29, 1.82) is 0 Å². The van der Waals surface area contributed by atoms with E-state index < -0.39 is 5.97 Å². The Morgan fingerprint density at radius 2 is 1.93 bits per heavy atom. The lowest BCUT2D eigenvalue weighted by molar-refractivity contribution is 0.0694. The van der Waals surface area contributed by atoms with E-state index in [1.165, 1.54) is 4.88 Å². The molecule has 2 aromatic heterocycles. The van der Waals surface area contributed by atoms with Crippen LogP contribution in [0.25, 0.3) is 0 Å². The zero-order valence-electron chi connectivity index (χ0n) is 16.5. The molecule has 2 heterocycles. The first-order valence-electron chi connectivity index (χ1n) is 9.29. The summed E-state index contributed by atoms with van der Waals surface area (Å²) < 4.78 is 7.30. The molecule has 0 fully saturated rings. The van der Waals surface area contributed by atoms with Crippen molar-refractivity contribution in [3.05, 3.63) is 74.7 Å². The zero-order valence-corrected chi connectivity index (χ0v) is 17.3. The van der Waals surface area contributed by atoms with E-state index >= 15 is 0 Å². The number of methoxy groups -OCH3 is 1. The van der Waals surface area contributed by atoms with Gasteiger partial charge in [-0.05, 0) is 49.4 Å². The smallest absolute Gasteiger partial charge is 0.337 e. The summed E-state index contributed by atoms with van der Waals surface area (Å²) in [6.07, 6.45) is 0.949. The summed E-state index contributed by atoms with van der Waals surface area (Å²) in [4.78, 5) is 13.2. The Kier molecular flexibility index (Phi) is 6.54. The highest BCUT2D eigenvalue weighted by Gasteiger charge is 2.22. The lowest BCUT2D eigenvalue weighted by Gasteiger charge is -2.11. The van der Waals surface area contributed by atoms with Crippen LogP contribution in [0.15, 0.2) is 41.8 Å². The summed E-state index contributed by atoms with van der Waals surface area (Å²) in [6.45, 7) is 5.89. The van der Waals surface area contributed by atoms with Gasteiger partial charge in [0.05, 0.1) is 12.7 Å². The number of aromatic nitrogens is 1. The normalized spacial score (nSPS) is 11.0. The molecule has 0 bridgehead atoms. The van der Waals surface area contributed by atoms with Gasteiger partial charge in [0, 0.05) is 41.5 Å². The third-order valence-electron chi connectivity index (χ3n) is 5.05. The van der Waals surface area contributed by atoms with Gasteiger partial charge in [0.1, 0.15) is 5.75 Å². The van der Waals surface area contributed by atoms with Crippen LogP contribution in [0.4, 0.5) is 0 Å². The maximum absolute atomic E-state index is 11.9. The number of carbonyl (C=O) groups is 1. The summed E-state index contributed by atoms with van der Waals surface area (Å²) >= 11 is 1.74. The van der Waals surface area contributed by atoms with Crippen LogP contribution in [-0.4, -0.2) is 29.3 Å². The fourth-order valence-corrected chi connectivity index (χ4v) is 4.19. The van der Waals surface area contributed by atoms with Gasteiger partial charge in [-0.25, -0.2) is 4.79 Å². The van der Waals surface area contributed by atoms with Gasteiger partial charge in [0.15, 0.2) is 0 Å². The van der Waals surface area contributed by atoms with E-state index in [1.54, 1.807) is 18.4 Å². The molecule has 0 aliphatic carbocycles. The summed E-state index contributed by atoms with van der Waals surface area (Å²) in [7, 11) is 1.64. The first-order valence-corrected chi connectivity index (χ1v) is 10.2. The largest absolute Gasteiger partial charge is 0.497 e. The molecule has 1 aromatic carbocycles. The Balaban J connectivity index is 1.77. The lowest BCUT2D eigenvalue weighted by atomic mass is 10.1. The molecule has 0 saturated carbocycles. The minimum Gasteiger partial charge on any atom is -0.497 e. The standard InChI is InChI=1S/C22H26N2O3S/c1-15-20(13-23-11-10-19-5-4-12-28-19)21(22(25)26)16(2)24(15)14-17-6-8-18(27-3)9-7-17/h4-9,12,23H,10-11,13-14H2,1-3H3,(H,25,26). The first-order chi connectivity index (χ1) is 13.5. The van der Waals surface area contributed by atoms with Gasteiger partial charge in [0.25, 0.3) is 0 Å². The number of benzene rings is 1. The van der Waals surface area contributed by atoms with E-state index in [-0.39, 0.29) is 0 Å². The van der Waals surface area contributed by atoms with Crippen LogP contribution in [0.5, 0.6) is 5.75 Å². The maximum atomic E-state index is 11.9. The molecule has 0 amide bonds. The number of ether oxygens (including phenoxy) is 1. The summed E-state index contributed by atoms with van der Waals surface area (Å²) in [5.41, 5.74) is 4.17. The Hall–Kier alpha value is -2.57. The van der Waals surface area contributed by atoms with E-state index in [0.29, 0.717) is 18.7 Å². The van der Waals surface area contributed by atoms with Gasteiger partial charge in [-0.3, -0.25) is 0 Å². The molecule has 148 valence electrons. The topological polar surface area (TPSA) is 63.5 Å². The Labute approximate surface area is 169 Å². The van der Waals surface area contributed by atoms with Crippen molar-refractivity contribution in [3.8, 4) is 5.75 Å². The Morgan fingerprint density at radius 3 is 2.54 bits per heavy atom. The number of aromatic carboxylic acids is 1. The molecule has 2 N–H and O–H groups in total. The molecule has 0 radical (unpaired) electrons. The zero-order chi connectivity index (χ0) is 20.1. The van der Waals surface area contributed by atoms with E-state index in [2.05, 4.69) is 27.4 Å². The van der Waals surface area contributed by atoms with Crippen molar-refractivity contribution < 1.29 is 14.6 Å². The van der Waals surface area contributed by atoms with Crippen molar-refractivity contribution >= 4 is 17.3 Å². The lowest BCUT2D eigenvalue weighted by Crippen LogP contribution is -2.18. The molecular formula is C22H26N2O3S. The van der Waals surface area contributed by atoms with Crippen molar-refractivity contribution in [2.24, 2.45) is 0 Å². The highest BCUT2D eigenvalue weighted by atomic mass is 32.1. The van der Waals surface area contributed by atoms with Crippen LogP contribution < -0.4 is 10.1 Å². The summed E-state index contributed by atoms with van der Waals surface area (Å²) in [5, 5.41) is 15.3. The average molecular weight is 399 g/mol. The maximum Gasteiger partial charge on any atom is 0.337 e. The van der Waals surface area contributed by atoms with Crippen LogP contribution >= 0.6 is 11.3 Å². The number of hydrogen-bond acceptors (Lipinski definition) is 4. The molecular weight excluding hydrogens is 372 g/mol. The van der Waals surface area contributed by atoms with E-state index in [0.717, 1.165) is 41.2 Å². The summed E-state index contributed by atoms with van der Waals surface area (Å²) in [6, 6.07) is 12.0. The number of thiophene rings is 1. The molecule has 28 heavy (non-hydrogen) atoms. The number of nitrogens with zero attached hydrogens (tertiary/aromatic N) is 1. The number of hydrogen-bond donors (Lipinski definition) is 2. The third-order valence-corrected chi connectivity index (χ3v) is 5.99. The molecule has 5 nitrogen and oxygen atoms in total. The SMILES string of the molecule is COc1ccc(Cn2c(C)c(CNCCc3cccs3)c(C(=O)O)c2C)cc1. The van der Waals surface area contributed by atoms with Crippen LogP contribution in [-0.2, 0) is 19.5 Å². The molecule has 0 aliphatic heterocycles. The van der Waals surface area contributed by atoms with Crippen LogP contribution in [0.1, 0.15) is 37.7 Å². The van der Waals surface area contributed by atoms with Crippen LogP contribution in [0.2, 0.25) is 0 Å². The summed E-state index contributed by atoms with van der Waals surface area (Å²) in [5.74, 6) is -0.0595. The van der Waals surface area contributed by atoms with Gasteiger partial charge in [-0.15, -0.1) is 11.3 Å². The third kappa shape index (κ3) is 4.46. The second-order valence-corrected chi connectivity index (χ2v) is 7.80. The fourth-order valence-electron chi connectivity index (χ4n) is 3.48. The van der Waals surface area contributed by atoms with Gasteiger partial charge in [-0.2, -0.15) is 0 Å². The molecule has 3 rings (SSSR count). The van der Waals surface area contributed by atoms with Crippen molar-refractivity contribution in [2.45, 2.75) is 33.4 Å². The van der Waals surface area contributed by atoms with Crippen molar-refractivity contribution in [3.63, 3.8) is 0 Å². The molecule has 0 saturated heterocycles. The van der Waals surface area contributed by atoms with E-state index in [1.807, 2.05) is 38.1 Å².